The van der Waals surface area contributed by atoms with E-state index in [1.54, 1.807) is 6.07 Å². The Morgan fingerprint density at radius 3 is 1.81 bits per heavy atom. The molecule has 3 rings (SSSR count). The maximum atomic E-state index is 9.72. The zero-order valence-corrected chi connectivity index (χ0v) is 17.5. The van der Waals surface area contributed by atoms with E-state index in [9.17, 15) is 10.2 Å². The summed E-state index contributed by atoms with van der Waals surface area (Å²) >= 11 is 0. The van der Waals surface area contributed by atoms with Gasteiger partial charge in [-0.15, -0.1) is 0 Å². The van der Waals surface area contributed by atoms with Crippen molar-refractivity contribution >= 4 is 10.9 Å². The van der Waals surface area contributed by atoms with Crippen LogP contribution in [-0.4, -0.2) is 15.2 Å². The quantitative estimate of drug-likeness (QED) is 0.496. The molecule has 3 heteroatoms. The average molecular weight is 366 g/mol. The third-order valence-corrected chi connectivity index (χ3v) is 4.49. The van der Waals surface area contributed by atoms with Crippen LogP contribution in [0.3, 0.4) is 0 Å². The molecule has 3 nitrogen and oxygen atoms in total. The number of hydrogen-bond acceptors (Lipinski definition) is 3. The molecular weight excluding hydrogens is 334 g/mol. The highest BCUT2D eigenvalue weighted by Gasteiger charge is 2.20. The van der Waals surface area contributed by atoms with Gasteiger partial charge in [0.15, 0.2) is 0 Å². The van der Waals surface area contributed by atoms with Crippen molar-refractivity contribution in [3.63, 3.8) is 0 Å². The maximum Gasteiger partial charge on any atom is 0.141 e. The van der Waals surface area contributed by atoms with Crippen LogP contribution in [0.2, 0.25) is 0 Å². The minimum Gasteiger partial charge on any atom is -0.508 e. The summed E-state index contributed by atoms with van der Waals surface area (Å²) in [6.45, 7) is 14.9. The lowest BCUT2D eigenvalue weighted by molar-refractivity contribution is 0.465. The fraction of sp³-hybridized carbons (Fsp3) is 0.375. The number of para-hydroxylation sites is 1. The van der Waals surface area contributed by atoms with Crippen molar-refractivity contribution < 1.29 is 10.2 Å². The predicted octanol–water partition coefficient (Wildman–Crippen LogP) is 6.24. The molecule has 0 amide bonds. The lowest BCUT2D eigenvalue weighted by Crippen LogP contribution is -2.15. The number of aromatic hydroxyl groups is 2. The molecule has 0 unspecified atom stereocenters. The second kappa shape index (κ2) is 7.59. The highest BCUT2D eigenvalue weighted by atomic mass is 16.3. The molecule has 0 bridgehead atoms. The van der Waals surface area contributed by atoms with Gasteiger partial charge in [0.25, 0.3) is 0 Å². The number of pyridine rings is 1. The smallest absolute Gasteiger partial charge is 0.141 e. The van der Waals surface area contributed by atoms with Gasteiger partial charge in [0.1, 0.15) is 17.0 Å². The first-order chi connectivity index (χ1) is 12.4. The van der Waals surface area contributed by atoms with Gasteiger partial charge in [0, 0.05) is 11.1 Å². The van der Waals surface area contributed by atoms with Crippen molar-refractivity contribution in [3.05, 3.63) is 65.4 Å². The van der Waals surface area contributed by atoms with Crippen LogP contribution in [0.25, 0.3) is 10.9 Å². The molecule has 1 aromatic heterocycles. The van der Waals surface area contributed by atoms with Gasteiger partial charge >= 0.3 is 0 Å². The fourth-order valence-corrected chi connectivity index (χ4v) is 2.71. The van der Waals surface area contributed by atoms with Gasteiger partial charge in [-0.25, -0.2) is 4.98 Å². The van der Waals surface area contributed by atoms with Crippen LogP contribution in [0, 0.1) is 6.92 Å². The molecule has 0 aliphatic rings. The molecule has 0 spiro atoms. The summed E-state index contributed by atoms with van der Waals surface area (Å²) in [5.74, 6) is 0.614. The van der Waals surface area contributed by atoms with Gasteiger partial charge in [-0.05, 0) is 53.1 Å². The van der Waals surface area contributed by atoms with Crippen molar-refractivity contribution in [3.8, 4) is 11.5 Å². The fourth-order valence-electron chi connectivity index (χ4n) is 2.71. The van der Waals surface area contributed by atoms with E-state index in [-0.39, 0.29) is 16.6 Å². The Hall–Kier alpha value is -2.55. The zero-order chi connectivity index (χ0) is 20.4. The number of phenolic OH excluding ortho intramolecular Hbond substituents is 2. The highest BCUT2D eigenvalue weighted by Crippen LogP contribution is 2.32. The number of benzene rings is 2. The molecule has 3 aromatic rings. The summed E-state index contributed by atoms with van der Waals surface area (Å²) in [5.41, 5.74) is 4.14. The van der Waals surface area contributed by atoms with Crippen molar-refractivity contribution in [1.82, 2.24) is 4.98 Å². The van der Waals surface area contributed by atoms with Crippen molar-refractivity contribution in [2.24, 2.45) is 0 Å². The van der Waals surface area contributed by atoms with Gasteiger partial charge in [-0.3, -0.25) is 0 Å². The first kappa shape index (κ1) is 20.8. The van der Waals surface area contributed by atoms with Crippen molar-refractivity contribution in [2.75, 3.05) is 0 Å². The van der Waals surface area contributed by atoms with E-state index in [0.717, 1.165) is 11.1 Å². The number of fused-ring (bicyclic) bond motifs is 1. The lowest BCUT2D eigenvalue weighted by Gasteiger charge is -2.25. The predicted molar refractivity (Wildman–Crippen MR) is 114 cm³/mol. The summed E-state index contributed by atoms with van der Waals surface area (Å²) in [7, 11) is 0. The van der Waals surface area contributed by atoms with Crippen LogP contribution in [0.1, 0.15) is 58.4 Å². The summed E-state index contributed by atoms with van der Waals surface area (Å²) in [6, 6.07) is 15.2. The molecule has 0 saturated heterocycles. The van der Waals surface area contributed by atoms with Gasteiger partial charge < -0.3 is 10.2 Å². The minimum atomic E-state index is 0.0821. The molecule has 0 fully saturated rings. The number of nitrogens with zero attached hydrogens (tertiary/aromatic N) is 1. The summed E-state index contributed by atoms with van der Waals surface area (Å²) in [6.07, 6.45) is 0. The van der Waals surface area contributed by atoms with Crippen LogP contribution >= 0.6 is 0 Å². The van der Waals surface area contributed by atoms with Gasteiger partial charge in [-0.2, -0.15) is 0 Å². The molecule has 0 atom stereocenters. The number of rotatable bonds is 0. The molecule has 2 N–H and O–H groups in total. The summed E-state index contributed by atoms with van der Waals surface area (Å²) in [5, 5.41) is 20.1. The van der Waals surface area contributed by atoms with E-state index >= 15 is 0 Å². The van der Waals surface area contributed by atoms with E-state index in [4.69, 9.17) is 0 Å². The third kappa shape index (κ3) is 5.46. The topological polar surface area (TPSA) is 53.4 Å². The van der Waals surface area contributed by atoms with E-state index in [0.29, 0.717) is 11.3 Å². The summed E-state index contributed by atoms with van der Waals surface area (Å²) in [4.78, 5) is 4.23. The van der Waals surface area contributed by atoms with E-state index in [1.807, 2.05) is 43.3 Å². The van der Waals surface area contributed by atoms with Gasteiger partial charge in [0.05, 0.1) is 0 Å². The van der Waals surface area contributed by atoms with Crippen LogP contribution in [0.5, 0.6) is 11.5 Å². The van der Waals surface area contributed by atoms with Crippen molar-refractivity contribution in [2.45, 2.75) is 59.3 Å². The third-order valence-electron chi connectivity index (χ3n) is 4.49. The second-order valence-electron chi connectivity index (χ2n) is 9.07. The van der Waals surface area contributed by atoms with E-state index in [1.165, 1.54) is 11.1 Å². The minimum absolute atomic E-state index is 0.0821. The summed E-state index contributed by atoms with van der Waals surface area (Å²) < 4.78 is 0. The molecule has 144 valence electrons. The van der Waals surface area contributed by atoms with Crippen LogP contribution in [0.15, 0.2) is 48.5 Å². The first-order valence-corrected chi connectivity index (χ1v) is 9.28. The Morgan fingerprint density at radius 1 is 0.741 bits per heavy atom. The van der Waals surface area contributed by atoms with Crippen LogP contribution < -0.4 is 0 Å². The Bertz CT molecular complexity index is 899. The molecule has 0 radical (unpaired) electrons. The Kier molecular flexibility index (Phi) is 5.84. The molecule has 0 saturated carbocycles. The van der Waals surface area contributed by atoms with E-state index in [2.05, 4.69) is 52.6 Å². The molecule has 1 heterocycles. The maximum absolute atomic E-state index is 9.72. The SMILES string of the molecule is CC(C)(C)c1cc(O)cc(C(C)(C)C)c1.Cc1ccc2cccc(O)c2n1. The Balaban J connectivity index is 0.000000198. The number of aromatic nitrogens is 1. The number of aryl methyl sites for hydroxylation is 1. The monoisotopic (exact) mass is 365 g/mol. The highest BCUT2D eigenvalue weighted by molar-refractivity contribution is 5.84. The zero-order valence-electron chi connectivity index (χ0n) is 17.5. The average Bonchev–Trinajstić information content (AvgIpc) is 2.54. The standard InChI is InChI=1S/C14H22O.C10H9NO/c1-13(2,3)10-7-11(14(4,5)6)9-12(15)8-10;1-7-5-6-8-3-2-4-9(12)10(8)11-7/h7-9,15H,1-6H3;2-6,12H,1H3. The molecule has 0 aliphatic heterocycles. The van der Waals surface area contributed by atoms with Crippen molar-refractivity contribution in [1.29, 1.82) is 0 Å². The molecule has 27 heavy (non-hydrogen) atoms. The largest absolute Gasteiger partial charge is 0.508 e. The van der Waals surface area contributed by atoms with E-state index < -0.39 is 0 Å². The van der Waals surface area contributed by atoms with Gasteiger partial charge in [0.2, 0.25) is 0 Å². The molecule has 2 aromatic carbocycles. The normalized spacial score (nSPS) is 11.8. The van der Waals surface area contributed by atoms with Gasteiger partial charge in [-0.1, -0.05) is 65.8 Å². The first-order valence-electron chi connectivity index (χ1n) is 9.28. The number of hydrogen-bond donors (Lipinski definition) is 2. The van der Waals surface area contributed by atoms with Crippen LogP contribution in [0.4, 0.5) is 0 Å². The molecular formula is C24H31NO2. The molecule has 0 aliphatic carbocycles. The Labute approximate surface area is 162 Å². The van der Waals surface area contributed by atoms with Crippen LogP contribution in [-0.2, 0) is 10.8 Å². The second-order valence-corrected chi connectivity index (χ2v) is 9.07. The number of phenols is 2. The Morgan fingerprint density at radius 2 is 1.30 bits per heavy atom. The lowest BCUT2D eigenvalue weighted by atomic mass is 9.80.